The summed E-state index contributed by atoms with van der Waals surface area (Å²) < 4.78 is 0. The Morgan fingerprint density at radius 1 is 1.17 bits per heavy atom. The van der Waals surface area contributed by atoms with Crippen molar-refractivity contribution in [3.05, 3.63) is 35.4 Å². The Morgan fingerprint density at radius 2 is 1.88 bits per heavy atom. The third kappa shape index (κ3) is 4.15. The number of carbonyl (C=O) groups is 2. The molecule has 5 nitrogen and oxygen atoms in total. The SMILES string of the molecule is Cc1ccc(CN(C(=O)CN2CCCCC2C(=O)O)C2CC2)cc1. The Labute approximate surface area is 143 Å². The average molecular weight is 330 g/mol. The molecule has 130 valence electrons. The highest BCUT2D eigenvalue weighted by Gasteiger charge is 2.35. The molecule has 1 aromatic rings. The predicted molar refractivity (Wildman–Crippen MR) is 91.6 cm³/mol. The fourth-order valence-corrected chi connectivity index (χ4v) is 3.42. The van der Waals surface area contributed by atoms with Crippen LogP contribution in [0.5, 0.6) is 0 Å². The van der Waals surface area contributed by atoms with Gasteiger partial charge in [-0.3, -0.25) is 14.5 Å². The van der Waals surface area contributed by atoms with E-state index in [1.54, 1.807) is 0 Å². The smallest absolute Gasteiger partial charge is 0.320 e. The van der Waals surface area contributed by atoms with Gasteiger partial charge in [0, 0.05) is 12.6 Å². The number of aryl methyl sites for hydroxylation is 1. The van der Waals surface area contributed by atoms with Crippen LogP contribution in [0.1, 0.15) is 43.2 Å². The number of hydrogen-bond donors (Lipinski definition) is 1. The zero-order valence-corrected chi connectivity index (χ0v) is 14.3. The van der Waals surface area contributed by atoms with Crippen LogP contribution in [0.2, 0.25) is 0 Å². The minimum absolute atomic E-state index is 0.0613. The molecule has 1 saturated heterocycles. The molecule has 24 heavy (non-hydrogen) atoms. The van der Waals surface area contributed by atoms with Crippen LogP contribution in [0.4, 0.5) is 0 Å². The fourth-order valence-electron chi connectivity index (χ4n) is 3.42. The molecule has 0 radical (unpaired) electrons. The molecule has 2 fully saturated rings. The standard InChI is InChI=1S/C19H26N2O3/c1-14-5-7-15(8-6-14)12-21(16-9-10-16)18(22)13-20-11-3-2-4-17(20)19(23)24/h5-8,16-17H,2-4,9-13H2,1H3,(H,23,24). The number of hydrogen-bond acceptors (Lipinski definition) is 3. The molecule has 5 heteroatoms. The van der Waals surface area contributed by atoms with Gasteiger partial charge in [0.05, 0.1) is 6.54 Å². The number of likely N-dealkylation sites (tertiary alicyclic amines) is 1. The molecular weight excluding hydrogens is 304 g/mol. The van der Waals surface area contributed by atoms with Gasteiger partial charge in [-0.15, -0.1) is 0 Å². The molecule has 0 aromatic heterocycles. The number of nitrogens with zero attached hydrogens (tertiary/aromatic N) is 2. The lowest BCUT2D eigenvalue weighted by atomic mass is 10.0. The van der Waals surface area contributed by atoms with Gasteiger partial charge < -0.3 is 10.0 Å². The van der Waals surface area contributed by atoms with Crippen LogP contribution in [-0.4, -0.2) is 52.0 Å². The molecule has 1 unspecified atom stereocenters. The largest absolute Gasteiger partial charge is 0.480 e. The van der Waals surface area contributed by atoms with Crippen molar-refractivity contribution in [1.82, 2.24) is 9.80 Å². The maximum atomic E-state index is 12.8. The zero-order valence-electron chi connectivity index (χ0n) is 14.3. The van der Waals surface area contributed by atoms with Crippen molar-refractivity contribution in [3.8, 4) is 0 Å². The second-order valence-corrected chi connectivity index (χ2v) is 7.06. The van der Waals surface area contributed by atoms with Gasteiger partial charge in [-0.05, 0) is 44.7 Å². The molecule has 0 spiro atoms. The first-order valence-corrected chi connectivity index (χ1v) is 8.86. The van der Waals surface area contributed by atoms with Crippen LogP contribution < -0.4 is 0 Å². The monoisotopic (exact) mass is 330 g/mol. The predicted octanol–water partition coefficient (Wildman–Crippen LogP) is 2.43. The van der Waals surface area contributed by atoms with Crippen molar-refractivity contribution < 1.29 is 14.7 Å². The van der Waals surface area contributed by atoms with E-state index in [0.29, 0.717) is 25.6 Å². The Morgan fingerprint density at radius 3 is 2.50 bits per heavy atom. The van der Waals surface area contributed by atoms with E-state index >= 15 is 0 Å². The normalized spacial score (nSPS) is 21.5. The molecule has 1 amide bonds. The summed E-state index contributed by atoms with van der Waals surface area (Å²) in [6.45, 7) is 3.59. The van der Waals surface area contributed by atoms with Crippen molar-refractivity contribution in [3.63, 3.8) is 0 Å². The number of carbonyl (C=O) groups excluding carboxylic acids is 1. The second-order valence-electron chi connectivity index (χ2n) is 7.06. The summed E-state index contributed by atoms with van der Waals surface area (Å²) in [4.78, 5) is 28.0. The van der Waals surface area contributed by atoms with Gasteiger partial charge in [0.1, 0.15) is 6.04 Å². The quantitative estimate of drug-likeness (QED) is 0.870. The Balaban J connectivity index is 1.66. The second kappa shape index (κ2) is 7.34. The van der Waals surface area contributed by atoms with Gasteiger partial charge in [0.15, 0.2) is 0 Å². The summed E-state index contributed by atoms with van der Waals surface area (Å²) >= 11 is 0. The summed E-state index contributed by atoms with van der Waals surface area (Å²) in [5, 5.41) is 9.38. The van der Waals surface area contributed by atoms with Crippen molar-refractivity contribution in [2.24, 2.45) is 0 Å². The highest BCUT2D eigenvalue weighted by Crippen LogP contribution is 2.29. The van der Waals surface area contributed by atoms with E-state index < -0.39 is 12.0 Å². The first-order valence-electron chi connectivity index (χ1n) is 8.86. The molecule has 0 bridgehead atoms. The first kappa shape index (κ1) is 17.0. The average Bonchev–Trinajstić information content (AvgIpc) is 3.39. The Hall–Kier alpha value is -1.88. The van der Waals surface area contributed by atoms with E-state index in [9.17, 15) is 14.7 Å². The molecule has 1 aliphatic heterocycles. The lowest BCUT2D eigenvalue weighted by Crippen LogP contribution is -2.50. The van der Waals surface area contributed by atoms with E-state index in [4.69, 9.17) is 0 Å². The van der Waals surface area contributed by atoms with Gasteiger partial charge in [0.2, 0.25) is 5.91 Å². The summed E-state index contributed by atoms with van der Waals surface area (Å²) in [6.07, 6.45) is 4.65. The van der Waals surface area contributed by atoms with Crippen molar-refractivity contribution in [1.29, 1.82) is 0 Å². The van der Waals surface area contributed by atoms with E-state index in [0.717, 1.165) is 31.2 Å². The summed E-state index contributed by atoms with van der Waals surface area (Å²) in [6, 6.07) is 8.08. The summed E-state index contributed by atoms with van der Waals surface area (Å²) in [5.74, 6) is -0.745. The lowest BCUT2D eigenvalue weighted by Gasteiger charge is -2.34. The first-order chi connectivity index (χ1) is 11.5. The maximum absolute atomic E-state index is 12.8. The van der Waals surface area contributed by atoms with E-state index in [1.165, 1.54) is 5.56 Å². The van der Waals surface area contributed by atoms with Crippen LogP contribution in [0.25, 0.3) is 0 Å². The van der Waals surface area contributed by atoms with E-state index in [-0.39, 0.29) is 12.5 Å². The molecule has 1 heterocycles. The van der Waals surface area contributed by atoms with Crippen LogP contribution in [0, 0.1) is 6.92 Å². The highest BCUT2D eigenvalue weighted by molar-refractivity contribution is 5.80. The third-order valence-electron chi connectivity index (χ3n) is 5.02. The highest BCUT2D eigenvalue weighted by atomic mass is 16.4. The van der Waals surface area contributed by atoms with Crippen molar-refractivity contribution >= 4 is 11.9 Å². The van der Waals surface area contributed by atoms with Gasteiger partial charge in [0.25, 0.3) is 0 Å². The lowest BCUT2D eigenvalue weighted by molar-refractivity contribution is -0.146. The number of amides is 1. The van der Waals surface area contributed by atoms with Crippen LogP contribution >= 0.6 is 0 Å². The summed E-state index contributed by atoms with van der Waals surface area (Å²) in [7, 11) is 0. The van der Waals surface area contributed by atoms with Gasteiger partial charge in [-0.2, -0.15) is 0 Å². The maximum Gasteiger partial charge on any atom is 0.320 e. The number of benzene rings is 1. The number of carboxylic acids is 1. The summed E-state index contributed by atoms with van der Waals surface area (Å²) in [5.41, 5.74) is 2.34. The number of rotatable bonds is 6. The van der Waals surface area contributed by atoms with Gasteiger partial charge in [-0.25, -0.2) is 0 Å². The van der Waals surface area contributed by atoms with Gasteiger partial charge >= 0.3 is 5.97 Å². The van der Waals surface area contributed by atoms with E-state index in [1.807, 2.05) is 9.80 Å². The van der Waals surface area contributed by atoms with Crippen molar-refractivity contribution in [2.75, 3.05) is 13.1 Å². The molecule has 1 aromatic carbocycles. The molecule has 1 N–H and O–H groups in total. The van der Waals surface area contributed by atoms with Crippen LogP contribution in [0.3, 0.4) is 0 Å². The minimum Gasteiger partial charge on any atom is -0.480 e. The molecule has 1 saturated carbocycles. The molecule has 1 atom stereocenters. The minimum atomic E-state index is -0.806. The number of piperidine rings is 1. The number of carboxylic acid groups (broad SMARTS) is 1. The topological polar surface area (TPSA) is 60.9 Å². The van der Waals surface area contributed by atoms with Gasteiger partial charge in [-0.1, -0.05) is 36.2 Å². The van der Waals surface area contributed by atoms with E-state index in [2.05, 4.69) is 31.2 Å². The van der Waals surface area contributed by atoms with Crippen molar-refractivity contribution in [2.45, 2.75) is 57.7 Å². The molecule has 1 aliphatic carbocycles. The third-order valence-corrected chi connectivity index (χ3v) is 5.02. The number of aliphatic carboxylic acids is 1. The zero-order chi connectivity index (χ0) is 17.1. The Bertz CT molecular complexity index is 595. The molecular formula is C19H26N2O3. The fraction of sp³-hybridized carbons (Fsp3) is 0.579. The molecule has 2 aliphatic rings. The Kier molecular flexibility index (Phi) is 5.19. The molecule has 3 rings (SSSR count). The van der Waals surface area contributed by atoms with Crippen LogP contribution in [-0.2, 0) is 16.1 Å². The van der Waals surface area contributed by atoms with Crippen LogP contribution in [0.15, 0.2) is 24.3 Å².